The SMILES string of the molecule is Cc1cccc(Oc2ccc(NC(=O)C3(c4cccc(F)c4)CCOCC3)cn2)c1C. The number of carbonyl (C=O) groups is 1. The van der Waals surface area contributed by atoms with Gasteiger partial charge in [-0.15, -0.1) is 0 Å². The maximum Gasteiger partial charge on any atom is 0.235 e. The number of carbonyl (C=O) groups excluding carboxylic acids is 1. The highest BCUT2D eigenvalue weighted by Crippen LogP contribution is 2.36. The number of ether oxygens (including phenoxy) is 2. The summed E-state index contributed by atoms with van der Waals surface area (Å²) in [5.41, 5.74) is 2.57. The number of nitrogens with one attached hydrogen (secondary N) is 1. The molecule has 0 saturated carbocycles. The summed E-state index contributed by atoms with van der Waals surface area (Å²) in [5, 5.41) is 2.95. The Balaban J connectivity index is 1.52. The second-order valence-corrected chi connectivity index (χ2v) is 7.84. The molecule has 0 bridgehead atoms. The van der Waals surface area contributed by atoms with Gasteiger partial charge in [0.15, 0.2) is 0 Å². The fourth-order valence-corrected chi connectivity index (χ4v) is 3.87. The third-order valence-electron chi connectivity index (χ3n) is 5.92. The average molecular weight is 420 g/mol. The maximum atomic E-state index is 13.9. The van der Waals surface area contributed by atoms with E-state index in [9.17, 15) is 9.18 Å². The van der Waals surface area contributed by atoms with Crippen molar-refractivity contribution in [2.45, 2.75) is 32.1 Å². The van der Waals surface area contributed by atoms with Crippen molar-refractivity contribution in [2.24, 2.45) is 0 Å². The Bertz CT molecular complexity index is 1080. The first kappa shape index (κ1) is 21.0. The minimum atomic E-state index is -0.839. The van der Waals surface area contributed by atoms with Gasteiger partial charge in [0, 0.05) is 19.3 Å². The van der Waals surface area contributed by atoms with Crippen LogP contribution in [0.1, 0.15) is 29.5 Å². The normalized spacial score (nSPS) is 15.3. The zero-order valence-electron chi connectivity index (χ0n) is 17.7. The molecule has 2 heterocycles. The van der Waals surface area contributed by atoms with Gasteiger partial charge in [-0.25, -0.2) is 9.37 Å². The van der Waals surface area contributed by atoms with Crippen molar-refractivity contribution >= 4 is 11.6 Å². The third-order valence-corrected chi connectivity index (χ3v) is 5.92. The second-order valence-electron chi connectivity index (χ2n) is 7.84. The monoisotopic (exact) mass is 420 g/mol. The lowest BCUT2D eigenvalue weighted by Gasteiger charge is -2.36. The standard InChI is InChI=1S/C25H25FN2O3/c1-17-5-3-8-22(18(17)2)31-23-10-9-21(16-27-23)28-24(29)25(11-13-30-14-12-25)19-6-4-7-20(26)15-19/h3-10,15-16H,11-14H2,1-2H3,(H,28,29). The minimum Gasteiger partial charge on any atom is -0.439 e. The van der Waals surface area contributed by atoms with Crippen molar-refractivity contribution in [1.82, 2.24) is 4.98 Å². The molecule has 1 N–H and O–H groups in total. The third kappa shape index (κ3) is 4.44. The van der Waals surface area contributed by atoms with Crippen LogP contribution in [0.5, 0.6) is 11.6 Å². The van der Waals surface area contributed by atoms with E-state index in [2.05, 4.69) is 10.3 Å². The molecule has 0 spiro atoms. The van der Waals surface area contributed by atoms with Crippen molar-refractivity contribution in [3.05, 3.63) is 83.3 Å². The molecular weight excluding hydrogens is 395 g/mol. The second kappa shape index (κ2) is 8.86. The molecule has 0 radical (unpaired) electrons. The number of halogens is 1. The number of aryl methyl sites for hydroxylation is 1. The molecule has 1 aromatic heterocycles. The van der Waals surface area contributed by atoms with Crippen LogP contribution in [-0.2, 0) is 14.9 Å². The summed E-state index contributed by atoms with van der Waals surface area (Å²) in [6.45, 7) is 4.92. The van der Waals surface area contributed by atoms with Crippen LogP contribution in [0.2, 0.25) is 0 Å². The Morgan fingerprint density at radius 3 is 2.58 bits per heavy atom. The van der Waals surface area contributed by atoms with Crippen LogP contribution in [0.3, 0.4) is 0 Å². The largest absolute Gasteiger partial charge is 0.439 e. The van der Waals surface area contributed by atoms with Crippen molar-refractivity contribution in [2.75, 3.05) is 18.5 Å². The van der Waals surface area contributed by atoms with E-state index in [-0.39, 0.29) is 11.7 Å². The van der Waals surface area contributed by atoms with Crippen molar-refractivity contribution < 1.29 is 18.7 Å². The molecule has 4 rings (SSSR count). The molecule has 5 nitrogen and oxygen atoms in total. The fourth-order valence-electron chi connectivity index (χ4n) is 3.87. The molecule has 2 aromatic carbocycles. The van der Waals surface area contributed by atoms with Crippen LogP contribution < -0.4 is 10.1 Å². The van der Waals surface area contributed by atoms with Gasteiger partial charge in [0.1, 0.15) is 11.6 Å². The molecule has 1 amide bonds. The Hall–Kier alpha value is -3.25. The molecular formula is C25H25FN2O3. The topological polar surface area (TPSA) is 60.5 Å². The van der Waals surface area contributed by atoms with Crippen LogP contribution in [0.15, 0.2) is 60.8 Å². The molecule has 1 aliphatic heterocycles. The maximum absolute atomic E-state index is 13.9. The summed E-state index contributed by atoms with van der Waals surface area (Å²) in [5.74, 6) is 0.645. The first-order valence-electron chi connectivity index (χ1n) is 10.3. The average Bonchev–Trinajstić information content (AvgIpc) is 2.78. The van der Waals surface area contributed by atoms with Crippen LogP contribution in [0.25, 0.3) is 0 Å². The lowest BCUT2D eigenvalue weighted by atomic mass is 9.73. The lowest BCUT2D eigenvalue weighted by molar-refractivity contribution is -0.125. The Morgan fingerprint density at radius 1 is 1.10 bits per heavy atom. The summed E-state index contributed by atoms with van der Waals surface area (Å²) in [7, 11) is 0. The molecule has 6 heteroatoms. The zero-order chi connectivity index (χ0) is 21.8. The summed E-state index contributed by atoms with van der Waals surface area (Å²) >= 11 is 0. The van der Waals surface area contributed by atoms with Crippen LogP contribution >= 0.6 is 0 Å². The van der Waals surface area contributed by atoms with Crippen LogP contribution in [-0.4, -0.2) is 24.1 Å². The van der Waals surface area contributed by atoms with Gasteiger partial charge in [-0.05, 0) is 67.6 Å². The molecule has 0 atom stereocenters. The number of hydrogen-bond acceptors (Lipinski definition) is 4. The summed E-state index contributed by atoms with van der Waals surface area (Å²) in [4.78, 5) is 17.6. The number of hydrogen-bond donors (Lipinski definition) is 1. The molecule has 0 aliphatic carbocycles. The van der Waals surface area contributed by atoms with Gasteiger partial charge in [-0.3, -0.25) is 4.79 Å². The van der Waals surface area contributed by atoms with E-state index in [1.54, 1.807) is 30.5 Å². The van der Waals surface area contributed by atoms with Gasteiger partial charge in [0.05, 0.1) is 17.3 Å². The molecule has 3 aromatic rings. The predicted molar refractivity (Wildman–Crippen MR) is 117 cm³/mol. The smallest absolute Gasteiger partial charge is 0.235 e. The molecule has 0 unspecified atom stereocenters. The molecule has 31 heavy (non-hydrogen) atoms. The molecule has 160 valence electrons. The number of pyridine rings is 1. The first-order valence-corrected chi connectivity index (χ1v) is 10.3. The number of rotatable bonds is 5. The number of anilines is 1. The summed E-state index contributed by atoms with van der Waals surface area (Å²) in [6, 6.07) is 15.6. The van der Waals surface area contributed by atoms with Gasteiger partial charge >= 0.3 is 0 Å². The van der Waals surface area contributed by atoms with E-state index in [0.717, 1.165) is 16.9 Å². The van der Waals surface area contributed by atoms with Crippen molar-refractivity contribution in [3.8, 4) is 11.6 Å². The highest BCUT2D eigenvalue weighted by Gasteiger charge is 2.42. The minimum absolute atomic E-state index is 0.189. The van der Waals surface area contributed by atoms with Crippen molar-refractivity contribution in [3.63, 3.8) is 0 Å². The van der Waals surface area contributed by atoms with E-state index in [4.69, 9.17) is 9.47 Å². The predicted octanol–water partition coefficient (Wildman–Crippen LogP) is 5.32. The number of aromatic nitrogens is 1. The highest BCUT2D eigenvalue weighted by atomic mass is 19.1. The van der Waals surface area contributed by atoms with E-state index in [1.165, 1.54) is 12.1 Å². The number of nitrogens with zero attached hydrogens (tertiary/aromatic N) is 1. The zero-order valence-corrected chi connectivity index (χ0v) is 17.7. The van der Waals surface area contributed by atoms with E-state index >= 15 is 0 Å². The first-order chi connectivity index (χ1) is 15.0. The lowest BCUT2D eigenvalue weighted by Crippen LogP contribution is -2.44. The summed E-state index contributed by atoms with van der Waals surface area (Å²) < 4.78 is 25.2. The van der Waals surface area contributed by atoms with Crippen LogP contribution in [0, 0.1) is 19.7 Å². The van der Waals surface area contributed by atoms with E-state index in [1.807, 2.05) is 32.0 Å². The van der Waals surface area contributed by atoms with Gasteiger partial charge < -0.3 is 14.8 Å². The Labute approximate surface area is 181 Å². The highest BCUT2D eigenvalue weighted by molar-refractivity contribution is 5.99. The van der Waals surface area contributed by atoms with Crippen LogP contribution in [0.4, 0.5) is 10.1 Å². The number of amides is 1. The quantitative estimate of drug-likeness (QED) is 0.607. The Morgan fingerprint density at radius 2 is 1.87 bits per heavy atom. The number of benzene rings is 2. The van der Waals surface area contributed by atoms with Gasteiger partial charge in [0.25, 0.3) is 0 Å². The van der Waals surface area contributed by atoms with Gasteiger partial charge in [-0.2, -0.15) is 0 Å². The van der Waals surface area contributed by atoms with Gasteiger partial charge in [0.2, 0.25) is 11.8 Å². The van der Waals surface area contributed by atoms with E-state index in [0.29, 0.717) is 43.2 Å². The molecule has 1 aliphatic rings. The van der Waals surface area contributed by atoms with E-state index < -0.39 is 5.41 Å². The van der Waals surface area contributed by atoms with Crippen molar-refractivity contribution in [1.29, 1.82) is 0 Å². The summed E-state index contributed by atoms with van der Waals surface area (Å²) in [6.07, 6.45) is 2.55. The fraction of sp³-hybridized carbons (Fsp3) is 0.280. The molecule has 1 fully saturated rings. The Kier molecular flexibility index (Phi) is 6.00. The molecule has 1 saturated heterocycles. The van der Waals surface area contributed by atoms with Gasteiger partial charge in [-0.1, -0.05) is 24.3 Å².